The largest absolute Gasteiger partial charge is 0.493 e. The first kappa shape index (κ1) is 24.3. The molecule has 0 saturated heterocycles. The highest BCUT2D eigenvalue weighted by Crippen LogP contribution is 2.32. The molecule has 0 aliphatic carbocycles. The van der Waals surface area contributed by atoms with Gasteiger partial charge in [0.15, 0.2) is 17.3 Å². The number of carbonyl (C=O) groups is 1. The number of benzene rings is 2. The maximum Gasteiger partial charge on any atom is 0.283 e. The van der Waals surface area contributed by atoms with Crippen molar-refractivity contribution in [1.82, 2.24) is 9.99 Å². The molecule has 10 heteroatoms. The van der Waals surface area contributed by atoms with E-state index in [0.29, 0.717) is 40.5 Å². The zero-order chi connectivity index (χ0) is 25.8. The summed E-state index contributed by atoms with van der Waals surface area (Å²) < 4.78 is 17.1. The maximum absolute atomic E-state index is 12.8. The molecule has 0 radical (unpaired) electrons. The number of pyridine rings is 1. The first-order valence-electron chi connectivity index (χ1n) is 11.4. The lowest BCUT2D eigenvalue weighted by atomic mass is 10.1. The van der Waals surface area contributed by atoms with Crippen LogP contribution in [0.1, 0.15) is 16.7 Å². The molecule has 37 heavy (non-hydrogen) atoms. The number of hydrogen-bond acceptors (Lipinski definition) is 8. The lowest BCUT2D eigenvalue weighted by Crippen LogP contribution is -2.35. The molecule has 1 aromatic heterocycles. The standard InChI is InChI=1S/C27H23N5O4S/c1-17-6-3-4-8-21(17)35-12-13-36-22-10-9-18(15-23(22)34-2)14-20-24(28)32-27(30-25(20)33)37-26(31-32)19-7-5-11-29-16-19/h3-11,14-16,28H,12-13H2,1-2H3. The Bertz CT molecular complexity index is 1450. The Labute approximate surface area is 218 Å². The van der Waals surface area contributed by atoms with Crippen molar-refractivity contribution in [1.29, 1.82) is 5.41 Å². The number of methoxy groups -OCH3 is 1. The van der Waals surface area contributed by atoms with Gasteiger partial charge in [0.1, 0.15) is 24.0 Å². The fourth-order valence-electron chi connectivity index (χ4n) is 3.68. The average molecular weight is 514 g/mol. The van der Waals surface area contributed by atoms with E-state index in [0.717, 1.165) is 16.9 Å². The van der Waals surface area contributed by atoms with Crippen molar-refractivity contribution in [3.05, 3.63) is 89.3 Å². The summed E-state index contributed by atoms with van der Waals surface area (Å²) in [5.41, 5.74) is 2.64. The van der Waals surface area contributed by atoms with E-state index in [-0.39, 0.29) is 11.4 Å². The number of aromatic nitrogens is 1. The highest BCUT2D eigenvalue weighted by Gasteiger charge is 2.36. The molecular weight excluding hydrogens is 490 g/mol. The molecule has 3 aromatic rings. The minimum absolute atomic E-state index is 0.0472. The number of aliphatic imine (C=N–C) groups is 1. The fourth-order valence-corrected chi connectivity index (χ4v) is 4.56. The zero-order valence-electron chi connectivity index (χ0n) is 20.2. The van der Waals surface area contributed by atoms with E-state index in [2.05, 4.69) is 15.1 Å². The number of thioether (sulfide) groups is 1. The van der Waals surface area contributed by atoms with E-state index in [1.165, 1.54) is 16.8 Å². The fraction of sp³-hybridized carbons (Fsp3) is 0.148. The van der Waals surface area contributed by atoms with Crippen molar-refractivity contribution < 1.29 is 19.0 Å². The first-order valence-corrected chi connectivity index (χ1v) is 12.2. The van der Waals surface area contributed by atoms with Crippen molar-refractivity contribution in [2.45, 2.75) is 6.92 Å². The second kappa shape index (κ2) is 10.7. The van der Waals surface area contributed by atoms with Gasteiger partial charge in [-0.3, -0.25) is 15.2 Å². The van der Waals surface area contributed by atoms with Crippen LogP contribution in [0.5, 0.6) is 17.2 Å². The Morgan fingerprint density at radius 1 is 1.03 bits per heavy atom. The Kier molecular flexibility index (Phi) is 7.00. The molecule has 0 fully saturated rings. The molecule has 0 atom stereocenters. The van der Waals surface area contributed by atoms with Gasteiger partial charge in [-0.2, -0.15) is 15.1 Å². The summed E-state index contributed by atoms with van der Waals surface area (Å²) in [5.74, 6) is 1.31. The number of nitrogens with one attached hydrogen (secondary N) is 1. The molecule has 2 aromatic carbocycles. The second-order valence-corrected chi connectivity index (χ2v) is 9.00. The summed E-state index contributed by atoms with van der Waals surface area (Å²) in [6.45, 7) is 2.70. The first-order chi connectivity index (χ1) is 18.0. The molecule has 5 rings (SSSR count). The maximum atomic E-state index is 12.8. The summed E-state index contributed by atoms with van der Waals surface area (Å²) in [6.07, 6.45) is 4.95. The number of hydrogen-bond donors (Lipinski definition) is 1. The Hall–Kier alpha value is -4.44. The van der Waals surface area contributed by atoms with Gasteiger partial charge in [-0.15, -0.1) is 0 Å². The predicted molar refractivity (Wildman–Crippen MR) is 144 cm³/mol. The van der Waals surface area contributed by atoms with Gasteiger partial charge in [0, 0.05) is 18.0 Å². The van der Waals surface area contributed by atoms with Crippen LogP contribution >= 0.6 is 11.8 Å². The predicted octanol–water partition coefficient (Wildman–Crippen LogP) is 4.52. The number of nitrogens with zero attached hydrogens (tertiary/aromatic N) is 4. The summed E-state index contributed by atoms with van der Waals surface area (Å²) in [6, 6.07) is 16.8. The van der Waals surface area contributed by atoms with Gasteiger partial charge in [0.2, 0.25) is 5.17 Å². The van der Waals surface area contributed by atoms with Crippen LogP contribution < -0.4 is 14.2 Å². The van der Waals surface area contributed by atoms with E-state index < -0.39 is 5.91 Å². The van der Waals surface area contributed by atoms with Crippen LogP contribution in [-0.4, -0.2) is 52.3 Å². The monoisotopic (exact) mass is 513 g/mol. The van der Waals surface area contributed by atoms with Crippen LogP contribution in [0.4, 0.5) is 0 Å². The normalized spacial score (nSPS) is 15.8. The lowest BCUT2D eigenvalue weighted by molar-refractivity contribution is -0.114. The van der Waals surface area contributed by atoms with Gasteiger partial charge >= 0.3 is 0 Å². The molecule has 0 spiro atoms. The van der Waals surface area contributed by atoms with E-state index in [4.69, 9.17) is 19.6 Å². The third kappa shape index (κ3) is 5.24. The molecule has 1 N–H and O–H groups in total. The number of amides is 1. The summed E-state index contributed by atoms with van der Waals surface area (Å²) >= 11 is 1.23. The van der Waals surface area contributed by atoms with Crippen LogP contribution in [0.15, 0.2) is 82.7 Å². The SMILES string of the molecule is COc1cc(C=C2C(=N)N3N=C(c4cccnc4)SC3=NC2=O)ccc1OCCOc1ccccc1C. The number of aryl methyl sites for hydroxylation is 1. The van der Waals surface area contributed by atoms with E-state index >= 15 is 0 Å². The Morgan fingerprint density at radius 2 is 1.84 bits per heavy atom. The van der Waals surface area contributed by atoms with E-state index in [1.54, 1.807) is 49.8 Å². The molecule has 0 saturated carbocycles. The smallest absolute Gasteiger partial charge is 0.283 e. The van der Waals surface area contributed by atoms with Crippen molar-refractivity contribution in [2.24, 2.45) is 10.1 Å². The van der Waals surface area contributed by atoms with Crippen molar-refractivity contribution in [2.75, 3.05) is 20.3 Å². The number of carbonyl (C=O) groups excluding carboxylic acids is 1. The van der Waals surface area contributed by atoms with Crippen molar-refractivity contribution in [3.63, 3.8) is 0 Å². The molecule has 9 nitrogen and oxygen atoms in total. The molecule has 186 valence electrons. The van der Waals surface area contributed by atoms with Crippen molar-refractivity contribution in [3.8, 4) is 17.2 Å². The highest BCUT2D eigenvalue weighted by atomic mass is 32.2. The lowest BCUT2D eigenvalue weighted by Gasteiger charge is -2.20. The van der Waals surface area contributed by atoms with E-state index in [1.807, 2.05) is 37.3 Å². The van der Waals surface area contributed by atoms with Gasteiger partial charge < -0.3 is 14.2 Å². The van der Waals surface area contributed by atoms with Crippen LogP contribution in [0, 0.1) is 12.3 Å². The summed E-state index contributed by atoms with van der Waals surface area (Å²) in [4.78, 5) is 21.0. The van der Waals surface area contributed by atoms with Crippen molar-refractivity contribution >= 4 is 39.8 Å². The Balaban J connectivity index is 1.29. The Morgan fingerprint density at radius 3 is 2.59 bits per heavy atom. The molecule has 0 unspecified atom stereocenters. The van der Waals surface area contributed by atoms with Gasteiger partial charge in [-0.25, -0.2) is 0 Å². The molecule has 2 aliphatic heterocycles. The number of para-hydroxylation sites is 1. The van der Waals surface area contributed by atoms with Crippen LogP contribution in [-0.2, 0) is 4.79 Å². The van der Waals surface area contributed by atoms with Gasteiger partial charge in [-0.05, 0) is 66.2 Å². The molecular formula is C27H23N5O4S. The number of hydrazone groups is 1. The topological polar surface area (TPSA) is 109 Å². The van der Waals surface area contributed by atoms with Gasteiger partial charge in [-0.1, -0.05) is 24.3 Å². The van der Waals surface area contributed by atoms with Crippen LogP contribution in [0.25, 0.3) is 6.08 Å². The third-order valence-electron chi connectivity index (χ3n) is 5.55. The van der Waals surface area contributed by atoms with Crippen LogP contribution in [0.3, 0.4) is 0 Å². The van der Waals surface area contributed by atoms with Crippen LogP contribution in [0.2, 0.25) is 0 Å². The minimum Gasteiger partial charge on any atom is -0.493 e. The molecule has 0 bridgehead atoms. The van der Waals surface area contributed by atoms with Gasteiger partial charge in [0.05, 0.1) is 12.7 Å². The zero-order valence-corrected chi connectivity index (χ0v) is 21.0. The number of fused-ring (bicyclic) bond motifs is 1. The number of ether oxygens (including phenoxy) is 3. The number of amidine groups is 2. The van der Waals surface area contributed by atoms with Gasteiger partial charge in [0.25, 0.3) is 5.91 Å². The van der Waals surface area contributed by atoms with E-state index in [9.17, 15) is 4.79 Å². The third-order valence-corrected chi connectivity index (χ3v) is 6.51. The minimum atomic E-state index is -0.501. The highest BCUT2D eigenvalue weighted by molar-refractivity contribution is 8.27. The number of rotatable bonds is 8. The summed E-state index contributed by atoms with van der Waals surface area (Å²) in [7, 11) is 1.55. The molecule has 1 amide bonds. The molecule has 3 heterocycles. The summed E-state index contributed by atoms with van der Waals surface area (Å²) in [5, 5.41) is 15.4. The quantitative estimate of drug-likeness (QED) is 0.348. The average Bonchev–Trinajstić information content (AvgIpc) is 3.35. The second-order valence-electron chi connectivity index (χ2n) is 8.04. The molecule has 2 aliphatic rings.